The second kappa shape index (κ2) is 9.93. The summed E-state index contributed by atoms with van der Waals surface area (Å²) in [5, 5.41) is 5.83. The van der Waals surface area contributed by atoms with Gasteiger partial charge in [-0.15, -0.1) is 0 Å². The average molecular weight is 216 g/mol. The maximum atomic E-state index is 11.2. The molecule has 0 unspecified atom stereocenters. The van der Waals surface area contributed by atoms with Gasteiger partial charge in [0, 0.05) is 19.6 Å². The molecule has 0 aliphatic carbocycles. The van der Waals surface area contributed by atoms with Crippen LogP contribution < -0.4 is 10.6 Å². The molecule has 0 aromatic heterocycles. The van der Waals surface area contributed by atoms with Crippen molar-refractivity contribution in [2.24, 2.45) is 5.92 Å². The number of ether oxygens (including phenoxy) is 1. The number of hydrogen-bond acceptors (Lipinski definition) is 3. The Morgan fingerprint density at radius 1 is 1.33 bits per heavy atom. The average Bonchev–Trinajstić information content (AvgIpc) is 2.17. The Kier molecular flexibility index (Phi) is 9.52. The molecule has 2 N–H and O–H groups in total. The maximum absolute atomic E-state index is 11.2. The second-order valence-corrected chi connectivity index (χ2v) is 4.03. The third-order valence-electron chi connectivity index (χ3n) is 1.85. The zero-order valence-electron chi connectivity index (χ0n) is 10.1. The largest absolute Gasteiger partial charge is 0.379 e. The summed E-state index contributed by atoms with van der Waals surface area (Å²) in [6.07, 6.45) is 1.47. The standard InChI is InChI=1S/C11H24N2O2/c1-10(2)9-15-8-7-13-11(14)5-4-6-12-3/h10,12H,4-9H2,1-3H3,(H,13,14). The third kappa shape index (κ3) is 11.3. The summed E-state index contributed by atoms with van der Waals surface area (Å²) in [5.74, 6) is 0.662. The van der Waals surface area contributed by atoms with E-state index >= 15 is 0 Å². The van der Waals surface area contributed by atoms with E-state index in [1.807, 2.05) is 7.05 Å². The van der Waals surface area contributed by atoms with Gasteiger partial charge in [-0.05, 0) is 25.9 Å². The molecule has 4 nitrogen and oxygen atoms in total. The van der Waals surface area contributed by atoms with Gasteiger partial charge in [-0.25, -0.2) is 0 Å². The van der Waals surface area contributed by atoms with Crippen LogP contribution in [0.3, 0.4) is 0 Å². The minimum absolute atomic E-state index is 0.110. The van der Waals surface area contributed by atoms with Gasteiger partial charge in [0.1, 0.15) is 0 Å². The molecule has 0 heterocycles. The smallest absolute Gasteiger partial charge is 0.220 e. The summed E-state index contributed by atoms with van der Waals surface area (Å²) < 4.78 is 5.34. The van der Waals surface area contributed by atoms with Crippen LogP contribution in [0.1, 0.15) is 26.7 Å². The Morgan fingerprint density at radius 3 is 2.67 bits per heavy atom. The van der Waals surface area contributed by atoms with Crippen molar-refractivity contribution in [1.82, 2.24) is 10.6 Å². The Labute approximate surface area is 92.8 Å². The molecule has 1 amide bonds. The van der Waals surface area contributed by atoms with Crippen molar-refractivity contribution < 1.29 is 9.53 Å². The SMILES string of the molecule is CNCCCC(=O)NCCOCC(C)C. The van der Waals surface area contributed by atoms with Gasteiger partial charge in [-0.3, -0.25) is 4.79 Å². The van der Waals surface area contributed by atoms with E-state index in [1.165, 1.54) is 0 Å². The quantitative estimate of drug-likeness (QED) is 0.560. The first-order valence-corrected chi connectivity index (χ1v) is 5.66. The predicted octanol–water partition coefficient (Wildman–Crippen LogP) is 0.775. The van der Waals surface area contributed by atoms with E-state index in [0.29, 0.717) is 25.5 Å². The summed E-state index contributed by atoms with van der Waals surface area (Å²) >= 11 is 0. The Hall–Kier alpha value is -0.610. The number of carbonyl (C=O) groups excluding carboxylic acids is 1. The van der Waals surface area contributed by atoms with Crippen molar-refractivity contribution in [3.8, 4) is 0 Å². The van der Waals surface area contributed by atoms with Crippen LogP contribution in [0.4, 0.5) is 0 Å². The van der Waals surface area contributed by atoms with Crippen LogP contribution >= 0.6 is 0 Å². The molecule has 0 aliphatic heterocycles. The van der Waals surface area contributed by atoms with Gasteiger partial charge < -0.3 is 15.4 Å². The lowest BCUT2D eigenvalue weighted by atomic mass is 10.2. The molecule has 0 saturated carbocycles. The fraction of sp³-hybridized carbons (Fsp3) is 0.909. The number of nitrogens with one attached hydrogen (secondary N) is 2. The lowest BCUT2D eigenvalue weighted by Gasteiger charge is -2.07. The van der Waals surface area contributed by atoms with Crippen LogP contribution in [-0.4, -0.2) is 39.3 Å². The minimum Gasteiger partial charge on any atom is -0.379 e. The van der Waals surface area contributed by atoms with Crippen molar-refractivity contribution in [2.75, 3.05) is 33.4 Å². The first kappa shape index (κ1) is 14.4. The second-order valence-electron chi connectivity index (χ2n) is 4.03. The maximum Gasteiger partial charge on any atom is 0.220 e. The number of amides is 1. The van der Waals surface area contributed by atoms with E-state index in [4.69, 9.17) is 4.74 Å². The molecule has 90 valence electrons. The normalized spacial score (nSPS) is 10.7. The van der Waals surface area contributed by atoms with E-state index in [-0.39, 0.29) is 5.91 Å². The van der Waals surface area contributed by atoms with Gasteiger partial charge in [0.05, 0.1) is 6.61 Å². The molecular weight excluding hydrogens is 192 g/mol. The van der Waals surface area contributed by atoms with Crippen LogP contribution in [0.5, 0.6) is 0 Å². The third-order valence-corrected chi connectivity index (χ3v) is 1.85. The first-order valence-electron chi connectivity index (χ1n) is 5.66. The molecule has 0 spiro atoms. The van der Waals surface area contributed by atoms with Gasteiger partial charge in [-0.2, -0.15) is 0 Å². The monoisotopic (exact) mass is 216 g/mol. The lowest BCUT2D eigenvalue weighted by molar-refractivity contribution is -0.121. The van der Waals surface area contributed by atoms with Gasteiger partial charge in [0.2, 0.25) is 5.91 Å². The highest BCUT2D eigenvalue weighted by molar-refractivity contribution is 5.75. The lowest BCUT2D eigenvalue weighted by Crippen LogP contribution is -2.28. The van der Waals surface area contributed by atoms with Crippen LogP contribution in [0.2, 0.25) is 0 Å². The molecule has 0 bridgehead atoms. The van der Waals surface area contributed by atoms with Crippen LogP contribution in [0.25, 0.3) is 0 Å². The molecule has 15 heavy (non-hydrogen) atoms. The van der Waals surface area contributed by atoms with Gasteiger partial charge in [-0.1, -0.05) is 13.8 Å². The summed E-state index contributed by atoms with van der Waals surface area (Å²) in [5.41, 5.74) is 0. The first-order chi connectivity index (χ1) is 7.16. The van der Waals surface area contributed by atoms with E-state index < -0.39 is 0 Å². The summed E-state index contributed by atoms with van der Waals surface area (Å²) in [4.78, 5) is 11.2. The molecule has 0 rings (SSSR count). The van der Waals surface area contributed by atoms with Crippen molar-refractivity contribution in [1.29, 1.82) is 0 Å². The zero-order chi connectivity index (χ0) is 11.5. The van der Waals surface area contributed by atoms with E-state index in [2.05, 4.69) is 24.5 Å². The predicted molar refractivity (Wildman–Crippen MR) is 61.8 cm³/mol. The van der Waals surface area contributed by atoms with Crippen LogP contribution in [0.15, 0.2) is 0 Å². The van der Waals surface area contributed by atoms with Crippen molar-refractivity contribution in [3.63, 3.8) is 0 Å². The highest BCUT2D eigenvalue weighted by atomic mass is 16.5. The highest BCUT2D eigenvalue weighted by Crippen LogP contribution is 1.91. The molecule has 0 aromatic carbocycles. The zero-order valence-corrected chi connectivity index (χ0v) is 10.1. The summed E-state index contributed by atoms with van der Waals surface area (Å²) in [7, 11) is 1.89. The number of hydrogen-bond donors (Lipinski definition) is 2. The number of rotatable bonds is 9. The molecule has 0 radical (unpaired) electrons. The molecular formula is C11H24N2O2. The molecule has 0 fully saturated rings. The minimum atomic E-state index is 0.110. The summed E-state index contributed by atoms with van der Waals surface area (Å²) in [6, 6.07) is 0. The molecule has 0 aliphatic rings. The molecule has 0 atom stereocenters. The van der Waals surface area contributed by atoms with E-state index in [0.717, 1.165) is 19.6 Å². The molecule has 4 heteroatoms. The Bertz CT molecular complexity index is 161. The fourth-order valence-corrected chi connectivity index (χ4v) is 1.10. The fourth-order valence-electron chi connectivity index (χ4n) is 1.10. The van der Waals surface area contributed by atoms with E-state index in [9.17, 15) is 4.79 Å². The Morgan fingerprint density at radius 2 is 2.07 bits per heavy atom. The van der Waals surface area contributed by atoms with Crippen molar-refractivity contribution in [2.45, 2.75) is 26.7 Å². The topological polar surface area (TPSA) is 50.4 Å². The van der Waals surface area contributed by atoms with Gasteiger partial charge in [0.25, 0.3) is 0 Å². The highest BCUT2D eigenvalue weighted by Gasteiger charge is 1.99. The van der Waals surface area contributed by atoms with Crippen LogP contribution in [-0.2, 0) is 9.53 Å². The van der Waals surface area contributed by atoms with E-state index in [1.54, 1.807) is 0 Å². The van der Waals surface area contributed by atoms with Crippen molar-refractivity contribution >= 4 is 5.91 Å². The molecule has 0 saturated heterocycles. The van der Waals surface area contributed by atoms with Gasteiger partial charge in [0.15, 0.2) is 0 Å². The van der Waals surface area contributed by atoms with Gasteiger partial charge >= 0.3 is 0 Å². The number of carbonyl (C=O) groups is 1. The Balaban J connectivity index is 3.17. The van der Waals surface area contributed by atoms with Crippen molar-refractivity contribution in [3.05, 3.63) is 0 Å². The molecule has 0 aromatic rings. The van der Waals surface area contributed by atoms with Crippen LogP contribution in [0, 0.1) is 5.92 Å². The summed E-state index contributed by atoms with van der Waals surface area (Å²) in [6.45, 7) is 7.08.